The molecule has 1 aliphatic heterocycles. The Morgan fingerprint density at radius 2 is 1.71 bits per heavy atom. The first-order valence-electron chi connectivity index (χ1n) is 11.0. The summed E-state index contributed by atoms with van der Waals surface area (Å²) in [7, 11) is 0. The van der Waals surface area contributed by atoms with E-state index in [2.05, 4.69) is 24.5 Å². The molecule has 0 aliphatic carbocycles. The highest BCUT2D eigenvalue weighted by Gasteiger charge is 2.37. The Hall–Kier alpha value is -2.75. The Balaban J connectivity index is 1.71. The summed E-state index contributed by atoms with van der Waals surface area (Å²) in [5.74, 6) is 0.313. The van der Waals surface area contributed by atoms with Gasteiger partial charge in [-0.3, -0.25) is 0 Å². The SMILES string of the molecule is CC(C)c1cccc(C2CNCCN2C(=O)NCCc2cc(C(F)(F)F)cc(C(F)(F)F)c2)c1. The van der Waals surface area contributed by atoms with E-state index in [0.29, 0.717) is 37.7 Å². The maximum Gasteiger partial charge on any atom is 0.416 e. The fourth-order valence-electron chi connectivity index (χ4n) is 3.95. The summed E-state index contributed by atoms with van der Waals surface area (Å²) in [6.45, 7) is 5.58. The number of urea groups is 1. The van der Waals surface area contributed by atoms with E-state index in [0.717, 1.165) is 11.1 Å². The maximum absolute atomic E-state index is 13.1. The van der Waals surface area contributed by atoms with E-state index in [4.69, 9.17) is 0 Å². The predicted molar refractivity (Wildman–Crippen MR) is 116 cm³/mol. The molecule has 2 amide bonds. The predicted octanol–water partition coefficient (Wildman–Crippen LogP) is 5.75. The number of hydrogen-bond acceptors (Lipinski definition) is 2. The molecule has 1 unspecified atom stereocenters. The number of rotatable bonds is 5. The Labute approximate surface area is 194 Å². The molecule has 1 aliphatic rings. The lowest BCUT2D eigenvalue weighted by molar-refractivity contribution is -0.143. The Kier molecular flexibility index (Phi) is 7.80. The normalized spacial score (nSPS) is 17.2. The highest BCUT2D eigenvalue weighted by molar-refractivity contribution is 5.75. The van der Waals surface area contributed by atoms with Crippen molar-refractivity contribution in [2.24, 2.45) is 0 Å². The van der Waals surface area contributed by atoms with Crippen molar-refractivity contribution in [3.8, 4) is 0 Å². The van der Waals surface area contributed by atoms with E-state index in [1.54, 1.807) is 4.90 Å². The summed E-state index contributed by atoms with van der Waals surface area (Å²) in [6, 6.07) is 8.75. The van der Waals surface area contributed by atoms with Crippen LogP contribution in [-0.2, 0) is 18.8 Å². The van der Waals surface area contributed by atoms with E-state index >= 15 is 0 Å². The summed E-state index contributed by atoms with van der Waals surface area (Å²) in [5, 5.41) is 5.91. The van der Waals surface area contributed by atoms with Gasteiger partial charge in [-0.1, -0.05) is 38.1 Å². The van der Waals surface area contributed by atoms with E-state index in [1.165, 1.54) is 0 Å². The summed E-state index contributed by atoms with van der Waals surface area (Å²) in [4.78, 5) is 14.5. The fourth-order valence-corrected chi connectivity index (χ4v) is 3.95. The van der Waals surface area contributed by atoms with Gasteiger partial charge in [0, 0.05) is 26.2 Å². The van der Waals surface area contributed by atoms with Crippen molar-refractivity contribution in [2.45, 2.75) is 44.6 Å². The molecule has 1 fully saturated rings. The number of amides is 2. The minimum atomic E-state index is -4.90. The van der Waals surface area contributed by atoms with Crippen LogP contribution in [-0.4, -0.2) is 37.1 Å². The number of hydrogen-bond donors (Lipinski definition) is 2. The molecular formula is C24H27F6N3O. The molecule has 0 spiro atoms. The van der Waals surface area contributed by atoms with Crippen LogP contribution < -0.4 is 10.6 Å². The van der Waals surface area contributed by atoms with Gasteiger partial charge in [-0.25, -0.2) is 4.79 Å². The van der Waals surface area contributed by atoms with Crippen molar-refractivity contribution in [3.63, 3.8) is 0 Å². The van der Waals surface area contributed by atoms with Gasteiger partial charge in [0.05, 0.1) is 17.2 Å². The molecule has 186 valence electrons. The average Bonchev–Trinajstić information content (AvgIpc) is 2.77. The monoisotopic (exact) mass is 487 g/mol. The molecule has 3 rings (SSSR count). The smallest absolute Gasteiger partial charge is 0.338 e. The highest BCUT2D eigenvalue weighted by atomic mass is 19.4. The number of alkyl halides is 6. The molecule has 1 saturated heterocycles. The number of benzene rings is 2. The lowest BCUT2D eigenvalue weighted by Gasteiger charge is -2.36. The molecule has 0 radical (unpaired) electrons. The van der Waals surface area contributed by atoms with Crippen LogP contribution in [0, 0.1) is 0 Å². The first-order valence-corrected chi connectivity index (χ1v) is 11.0. The second-order valence-electron chi connectivity index (χ2n) is 8.63. The first-order chi connectivity index (χ1) is 15.9. The molecule has 10 heteroatoms. The van der Waals surface area contributed by atoms with Gasteiger partial charge in [0.25, 0.3) is 0 Å². The van der Waals surface area contributed by atoms with Crippen molar-refractivity contribution in [2.75, 3.05) is 26.2 Å². The number of nitrogens with one attached hydrogen (secondary N) is 2. The number of piperazine rings is 1. The van der Waals surface area contributed by atoms with E-state index in [9.17, 15) is 31.1 Å². The minimum Gasteiger partial charge on any atom is -0.338 e. The Morgan fingerprint density at radius 1 is 1.06 bits per heavy atom. The molecule has 1 atom stereocenters. The third-order valence-electron chi connectivity index (χ3n) is 5.80. The number of halogens is 6. The zero-order valence-corrected chi connectivity index (χ0v) is 18.9. The standard InChI is InChI=1S/C24H27F6N3O/c1-15(2)17-4-3-5-18(12-17)21-14-31-8-9-33(21)22(34)32-7-6-16-10-19(23(25,26)27)13-20(11-16)24(28,29)30/h3-5,10-13,15,21,31H,6-9,14H2,1-2H3,(H,32,34). The molecule has 2 N–H and O–H groups in total. The topological polar surface area (TPSA) is 44.4 Å². The molecule has 0 bridgehead atoms. The summed E-state index contributed by atoms with van der Waals surface area (Å²) >= 11 is 0. The third kappa shape index (κ3) is 6.43. The number of carbonyl (C=O) groups is 1. The summed E-state index contributed by atoms with van der Waals surface area (Å²) < 4.78 is 78.4. The first kappa shape index (κ1) is 25.9. The Morgan fingerprint density at radius 3 is 2.29 bits per heavy atom. The largest absolute Gasteiger partial charge is 0.416 e. The zero-order valence-electron chi connectivity index (χ0n) is 18.9. The quantitative estimate of drug-likeness (QED) is 0.528. The minimum absolute atomic E-state index is 0.0959. The van der Waals surface area contributed by atoms with Gasteiger partial charge >= 0.3 is 18.4 Å². The van der Waals surface area contributed by atoms with E-state index < -0.39 is 29.5 Å². The van der Waals surface area contributed by atoms with Crippen molar-refractivity contribution >= 4 is 6.03 Å². The molecule has 2 aromatic rings. The van der Waals surface area contributed by atoms with Crippen molar-refractivity contribution in [3.05, 3.63) is 70.3 Å². The van der Waals surface area contributed by atoms with Crippen LogP contribution in [0.1, 0.15) is 53.6 Å². The highest BCUT2D eigenvalue weighted by Crippen LogP contribution is 2.36. The van der Waals surface area contributed by atoms with Crippen LogP contribution in [0.2, 0.25) is 0 Å². The molecule has 0 saturated carbocycles. The van der Waals surface area contributed by atoms with Crippen LogP contribution in [0.25, 0.3) is 0 Å². The maximum atomic E-state index is 13.1. The lowest BCUT2D eigenvalue weighted by atomic mass is 9.96. The molecule has 1 heterocycles. The zero-order chi connectivity index (χ0) is 25.1. The van der Waals surface area contributed by atoms with E-state index in [-0.39, 0.29) is 30.6 Å². The average molecular weight is 487 g/mol. The van der Waals surface area contributed by atoms with Crippen LogP contribution in [0.3, 0.4) is 0 Å². The molecule has 4 nitrogen and oxygen atoms in total. The van der Waals surface area contributed by atoms with Gasteiger partial charge in [0.1, 0.15) is 0 Å². The van der Waals surface area contributed by atoms with Crippen LogP contribution in [0.15, 0.2) is 42.5 Å². The summed E-state index contributed by atoms with van der Waals surface area (Å²) in [5.41, 5.74) is -0.787. The lowest BCUT2D eigenvalue weighted by Crippen LogP contribution is -2.52. The molecule has 0 aromatic heterocycles. The van der Waals surface area contributed by atoms with Gasteiger partial charge in [0.15, 0.2) is 0 Å². The van der Waals surface area contributed by atoms with Gasteiger partial charge < -0.3 is 15.5 Å². The third-order valence-corrected chi connectivity index (χ3v) is 5.80. The number of carbonyl (C=O) groups excluding carboxylic acids is 1. The van der Waals surface area contributed by atoms with Gasteiger partial charge in [0.2, 0.25) is 0 Å². The van der Waals surface area contributed by atoms with Crippen LogP contribution >= 0.6 is 0 Å². The molecular weight excluding hydrogens is 460 g/mol. The van der Waals surface area contributed by atoms with Crippen molar-refractivity contribution in [1.82, 2.24) is 15.5 Å². The van der Waals surface area contributed by atoms with Gasteiger partial charge in [-0.05, 0) is 47.2 Å². The van der Waals surface area contributed by atoms with E-state index in [1.807, 2.05) is 24.3 Å². The van der Waals surface area contributed by atoms with Crippen LogP contribution in [0.5, 0.6) is 0 Å². The van der Waals surface area contributed by atoms with Crippen molar-refractivity contribution < 1.29 is 31.1 Å². The molecule has 2 aromatic carbocycles. The van der Waals surface area contributed by atoms with Crippen LogP contribution in [0.4, 0.5) is 31.1 Å². The fraction of sp³-hybridized carbons (Fsp3) is 0.458. The second kappa shape index (κ2) is 10.2. The van der Waals surface area contributed by atoms with Gasteiger partial charge in [-0.15, -0.1) is 0 Å². The van der Waals surface area contributed by atoms with Gasteiger partial charge in [-0.2, -0.15) is 26.3 Å². The summed E-state index contributed by atoms with van der Waals surface area (Å²) in [6.07, 6.45) is -9.98. The number of nitrogens with zero attached hydrogens (tertiary/aromatic N) is 1. The van der Waals surface area contributed by atoms with Crippen molar-refractivity contribution in [1.29, 1.82) is 0 Å². The second-order valence-corrected chi connectivity index (χ2v) is 8.63. The molecule has 34 heavy (non-hydrogen) atoms. The Bertz CT molecular complexity index is 971.